The minimum Gasteiger partial charge on any atom is -0.480 e. The van der Waals surface area contributed by atoms with Crippen LogP contribution in [0.2, 0.25) is 0 Å². The number of carboxylic acids is 1. The lowest BCUT2D eigenvalue weighted by atomic mass is 10.3. The van der Waals surface area contributed by atoms with Crippen molar-refractivity contribution >= 4 is 23.2 Å². The van der Waals surface area contributed by atoms with Gasteiger partial charge in [0.25, 0.3) is 5.91 Å². The number of aromatic nitrogens is 3. The van der Waals surface area contributed by atoms with Crippen molar-refractivity contribution in [3.8, 4) is 10.6 Å². The van der Waals surface area contributed by atoms with Crippen LogP contribution in [0.4, 0.5) is 0 Å². The molecule has 2 N–H and O–H groups in total. The molecule has 0 spiro atoms. The van der Waals surface area contributed by atoms with E-state index in [1.165, 1.54) is 18.3 Å². The molecule has 0 aliphatic rings. The number of nitrogens with zero attached hydrogens (tertiary/aromatic N) is 3. The van der Waals surface area contributed by atoms with Gasteiger partial charge in [0.05, 0.1) is 6.20 Å². The van der Waals surface area contributed by atoms with E-state index in [-0.39, 0.29) is 5.69 Å². The molecule has 0 saturated heterocycles. The summed E-state index contributed by atoms with van der Waals surface area (Å²) >= 11 is 1.31. The van der Waals surface area contributed by atoms with E-state index in [0.717, 1.165) is 5.56 Å². The van der Waals surface area contributed by atoms with Crippen molar-refractivity contribution in [2.75, 3.05) is 0 Å². The second kappa shape index (κ2) is 5.19. The van der Waals surface area contributed by atoms with Crippen LogP contribution in [0, 0.1) is 0 Å². The monoisotopic (exact) mass is 280 g/mol. The van der Waals surface area contributed by atoms with E-state index in [2.05, 4.69) is 15.4 Å². The summed E-state index contributed by atoms with van der Waals surface area (Å²) in [4.78, 5) is 26.6. The summed E-state index contributed by atoms with van der Waals surface area (Å²) in [5.41, 5.74) is 1.02. The number of hydrogen-bond donors (Lipinski definition) is 2. The Balaban J connectivity index is 2.13. The summed E-state index contributed by atoms with van der Waals surface area (Å²) in [7, 11) is 1.79. The molecule has 7 nitrogen and oxygen atoms in total. The van der Waals surface area contributed by atoms with Gasteiger partial charge in [-0.15, -0.1) is 11.3 Å². The van der Waals surface area contributed by atoms with Gasteiger partial charge in [-0.25, -0.2) is 4.98 Å². The summed E-state index contributed by atoms with van der Waals surface area (Å²) in [5.74, 6) is -1.59. The number of aliphatic carboxylic acids is 1. The molecule has 0 fully saturated rings. The molecule has 2 rings (SSSR count). The molecule has 1 atom stereocenters. The van der Waals surface area contributed by atoms with Gasteiger partial charge in [-0.05, 0) is 6.92 Å². The Labute approximate surface area is 112 Å². The fraction of sp³-hybridized carbons (Fsp3) is 0.273. The van der Waals surface area contributed by atoms with Crippen molar-refractivity contribution in [3.05, 3.63) is 23.5 Å². The van der Waals surface area contributed by atoms with Crippen molar-refractivity contribution in [1.29, 1.82) is 0 Å². The van der Waals surface area contributed by atoms with Crippen LogP contribution in [0.3, 0.4) is 0 Å². The molecule has 2 heterocycles. The summed E-state index contributed by atoms with van der Waals surface area (Å²) in [6, 6.07) is -0.948. The highest BCUT2D eigenvalue weighted by molar-refractivity contribution is 7.13. The number of carboxylic acid groups (broad SMARTS) is 1. The van der Waals surface area contributed by atoms with E-state index >= 15 is 0 Å². The van der Waals surface area contributed by atoms with Crippen LogP contribution in [0.25, 0.3) is 10.6 Å². The highest BCUT2D eigenvalue weighted by Gasteiger charge is 2.18. The first kappa shape index (κ1) is 13.2. The zero-order valence-corrected chi connectivity index (χ0v) is 11.1. The van der Waals surface area contributed by atoms with E-state index in [1.54, 1.807) is 29.5 Å². The third-order valence-corrected chi connectivity index (χ3v) is 3.30. The number of hydrogen-bond acceptors (Lipinski definition) is 5. The van der Waals surface area contributed by atoms with Crippen LogP contribution in [0.5, 0.6) is 0 Å². The van der Waals surface area contributed by atoms with E-state index in [9.17, 15) is 9.59 Å². The number of carbonyl (C=O) groups is 2. The molecule has 0 unspecified atom stereocenters. The first-order valence-electron chi connectivity index (χ1n) is 5.45. The molecule has 0 aromatic carbocycles. The lowest BCUT2D eigenvalue weighted by molar-refractivity contribution is -0.138. The van der Waals surface area contributed by atoms with Gasteiger partial charge >= 0.3 is 5.97 Å². The number of thiazole rings is 1. The van der Waals surface area contributed by atoms with Crippen molar-refractivity contribution < 1.29 is 14.7 Å². The van der Waals surface area contributed by atoms with Gasteiger partial charge in [0.15, 0.2) is 0 Å². The Bertz CT molecular complexity index is 619. The third kappa shape index (κ3) is 2.97. The third-order valence-electron chi connectivity index (χ3n) is 2.41. The van der Waals surface area contributed by atoms with Crippen LogP contribution in [-0.4, -0.2) is 37.8 Å². The molecule has 19 heavy (non-hydrogen) atoms. The predicted octanol–water partition coefficient (Wildman–Crippen LogP) is 0.747. The van der Waals surface area contributed by atoms with Crippen molar-refractivity contribution in [2.45, 2.75) is 13.0 Å². The van der Waals surface area contributed by atoms with Gasteiger partial charge in [0.1, 0.15) is 16.7 Å². The maximum atomic E-state index is 11.8. The summed E-state index contributed by atoms with van der Waals surface area (Å²) in [5, 5.41) is 17.4. The first-order chi connectivity index (χ1) is 8.97. The number of nitrogens with one attached hydrogen (secondary N) is 1. The number of rotatable bonds is 4. The van der Waals surface area contributed by atoms with Crippen LogP contribution in [0.1, 0.15) is 17.4 Å². The van der Waals surface area contributed by atoms with Gasteiger partial charge in [-0.3, -0.25) is 14.3 Å². The Morgan fingerprint density at radius 1 is 1.53 bits per heavy atom. The van der Waals surface area contributed by atoms with Gasteiger partial charge in [0, 0.05) is 24.2 Å². The van der Waals surface area contributed by atoms with Gasteiger partial charge in [0.2, 0.25) is 0 Å². The van der Waals surface area contributed by atoms with E-state index in [4.69, 9.17) is 5.11 Å². The van der Waals surface area contributed by atoms with Gasteiger partial charge in [-0.2, -0.15) is 5.10 Å². The Morgan fingerprint density at radius 3 is 2.84 bits per heavy atom. The summed E-state index contributed by atoms with van der Waals surface area (Å²) in [6.45, 7) is 1.40. The molecule has 0 radical (unpaired) electrons. The van der Waals surface area contributed by atoms with E-state index in [1.807, 2.05) is 0 Å². The van der Waals surface area contributed by atoms with E-state index < -0.39 is 17.9 Å². The minimum atomic E-state index is -1.09. The number of aryl methyl sites for hydroxylation is 1. The van der Waals surface area contributed by atoms with Gasteiger partial charge < -0.3 is 10.4 Å². The lowest BCUT2D eigenvalue weighted by Crippen LogP contribution is -2.38. The average molecular weight is 280 g/mol. The molecular weight excluding hydrogens is 268 g/mol. The molecule has 8 heteroatoms. The molecule has 0 aliphatic heterocycles. The molecular formula is C11H12N4O3S. The Hall–Kier alpha value is -2.22. The fourth-order valence-corrected chi connectivity index (χ4v) is 2.15. The molecule has 0 bridgehead atoms. The standard InChI is InChI=1S/C11H12N4O3S/c1-6(11(17)18)13-9(16)8-5-19-10(14-8)7-3-12-15(2)4-7/h3-6H,1-2H3,(H,13,16)(H,17,18)/t6-/m1/s1. The maximum Gasteiger partial charge on any atom is 0.325 e. The largest absolute Gasteiger partial charge is 0.480 e. The minimum absolute atomic E-state index is 0.206. The molecule has 1 amide bonds. The predicted molar refractivity (Wildman–Crippen MR) is 68.9 cm³/mol. The highest BCUT2D eigenvalue weighted by Crippen LogP contribution is 2.22. The van der Waals surface area contributed by atoms with Crippen molar-refractivity contribution in [1.82, 2.24) is 20.1 Å². The average Bonchev–Trinajstić information content (AvgIpc) is 2.96. The smallest absolute Gasteiger partial charge is 0.325 e. The Kier molecular flexibility index (Phi) is 3.61. The fourth-order valence-electron chi connectivity index (χ4n) is 1.37. The second-order valence-electron chi connectivity index (χ2n) is 3.97. The van der Waals surface area contributed by atoms with Crippen LogP contribution < -0.4 is 5.32 Å². The molecule has 100 valence electrons. The number of carbonyl (C=O) groups excluding carboxylic acids is 1. The highest BCUT2D eigenvalue weighted by atomic mass is 32.1. The molecule has 0 aliphatic carbocycles. The second-order valence-corrected chi connectivity index (χ2v) is 4.83. The quantitative estimate of drug-likeness (QED) is 0.861. The normalized spacial score (nSPS) is 12.1. The zero-order chi connectivity index (χ0) is 14.0. The summed E-state index contributed by atoms with van der Waals surface area (Å²) < 4.78 is 1.64. The molecule has 2 aromatic heterocycles. The van der Waals surface area contributed by atoms with Crippen molar-refractivity contribution in [3.63, 3.8) is 0 Å². The van der Waals surface area contributed by atoms with Crippen LogP contribution in [0.15, 0.2) is 17.8 Å². The summed E-state index contributed by atoms with van der Waals surface area (Å²) in [6.07, 6.45) is 3.45. The SMILES string of the molecule is C[C@@H](NC(=O)c1csc(-c2cnn(C)c2)n1)C(=O)O. The number of amides is 1. The molecule has 0 saturated carbocycles. The maximum absolute atomic E-state index is 11.8. The van der Waals surface area contributed by atoms with Crippen molar-refractivity contribution in [2.24, 2.45) is 7.05 Å². The lowest BCUT2D eigenvalue weighted by Gasteiger charge is -2.06. The van der Waals surface area contributed by atoms with Crippen LogP contribution >= 0.6 is 11.3 Å². The van der Waals surface area contributed by atoms with Crippen LogP contribution in [-0.2, 0) is 11.8 Å². The van der Waals surface area contributed by atoms with E-state index in [0.29, 0.717) is 5.01 Å². The zero-order valence-electron chi connectivity index (χ0n) is 10.3. The van der Waals surface area contributed by atoms with Gasteiger partial charge in [-0.1, -0.05) is 0 Å². The molecule has 2 aromatic rings. The first-order valence-corrected chi connectivity index (χ1v) is 6.33. The Morgan fingerprint density at radius 2 is 2.26 bits per heavy atom. The topological polar surface area (TPSA) is 97.1 Å².